The van der Waals surface area contributed by atoms with Crippen LogP contribution in [0.2, 0.25) is 0 Å². The van der Waals surface area contributed by atoms with Gasteiger partial charge in [0.05, 0.1) is 6.10 Å². The van der Waals surface area contributed by atoms with Gasteiger partial charge < -0.3 is 14.9 Å². The van der Waals surface area contributed by atoms with Gasteiger partial charge in [-0.3, -0.25) is 0 Å². The van der Waals surface area contributed by atoms with Crippen molar-refractivity contribution in [3.8, 4) is 5.75 Å². The van der Waals surface area contributed by atoms with E-state index in [1.165, 1.54) is 6.07 Å². The molecule has 130 valence electrons. The number of hydrogen-bond donors (Lipinski definition) is 2. The quantitative estimate of drug-likeness (QED) is 0.640. The van der Waals surface area contributed by atoms with Crippen molar-refractivity contribution in [1.29, 1.82) is 0 Å². The average molecular weight is 330 g/mol. The lowest BCUT2D eigenvalue weighted by Crippen LogP contribution is -2.28. The van der Waals surface area contributed by atoms with Crippen LogP contribution in [0.25, 0.3) is 0 Å². The molecule has 1 aliphatic heterocycles. The lowest BCUT2D eigenvalue weighted by Gasteiger charge is -2.24. The van der Waals surface area contributed by atoms with E-state index < -0.39 is 18.2 Å². The van der Waals surface area contributed by atoms with E-state index >= 15 is 0 Å². The summed E-state index contributed by atoms with van der Waals surface area (Å²) in [5.41, 5.74) is 0.963. The van der Waals surface area contributed by atoms with E-state index in [9.17, 15) is 15.0 Å². The number of benzene rings is 1. The standard InChI is InChI=1S/C20H26O4/c1-3-4-11-16-13-18(22)14(2)8-5-6-9-15-10-7-12-17(21)19(15)20(23)24-16/h3-7,10,12,14,16,18,21-22H,8-9,11,13H2,1-2H3/b4-3-,6-5+/t14-,16?,18+/m0/s1. The minimum absolute atomic E-state index is 0.0679. The number of hydrogen-bond acceptors (Lipinski definition) is 4. The van der Waals surface area contributed by atoms with Crippen LogP contribution >= 0.6 is 0 Å². The van der Waals surface area contributed by atoms with Gasteiger partial charge in [0.1, 0.15) is 17.4 Å². The first kappa shape index (κ1) is 18.3. The summed E-state index contributed by atoms with van der Waals surface area (Å²) in [6.45, 7) is 3.90. The number of aliphatic hydroxyl groups is 1. The lowest BCUT2D eigenvalue weighted by molar-refractivity contribution is 0.00682. The van der Waals surface area contributed by atoms with Gasteiger partial charge in [0.25, 0.3) is 0 Å². The normalized spacial score (nSPS) is 27.0. The Morgan fingerprint density at radius 3 is 2.88 bits per heavy atom. The Labute approximate surface area is 143 Å². The average Bonchev–Trinajstić information content (AvgIpc) is 2.55. The largest absolute Gasteiger partial charge is 0.507 e. The fraction of sp³-hybridized carbons (Fsp3) is 0.450. The topological polar surface area (TPSA) is 66.8 Å². The van der Waals surface area contributed by atoms with E-state index in [1.807, 2.05) is 44.2 Å². The van der Waals surface area contributed by atoms with Crippen LogP contribution in [-0.2, 0) is 11.2 Å². The Kier molecular flexibility index (Phi) is 6.62. The van der Waals surface area contributed by atoms with Crippen LogP contribution < -0.4 is 0 Å². The zero-order chi connectivity index (χ0) is 17.5. The van der Waals surface area contributed by atoms with E-state index in [2.05, 4.69) is 0 Å². The van der Waals surface area contributed by atoms with Gasteiger partial charge in [0.15, 0.2) is 0 Å². The van der Waals surface area contributed by atoms with Crippen LogP contribution in [0, 0.1) is 5.92 Å². The fourth-order valence-corrected chi connectivity index (χ4v) is 2.86. The van der Waals surface area contributed by atoms with Gasteiger partial charge in [-0.1, -0.05) is 43.4 Å². The van der Waals surface area contributed by atoms with E-state index in [0.717, 1.165) is 12.0 Å². The molecule has 1 aromatic carbocycles. The Bertz CT molecular complexity index is 618. The van der Waals surface area contributed by atoms with Crippen molar-refractivity contribution < 1.29 is 19.7 Å². The minimum Gasteiger partial charge on any atom is -0.507 e. The van der Waals surface area contributed by atoms with E-state index in [1.54, 1.807) is 6.07 Å². The molecule has 2 rings (SSSR count). The molecule has 2 N–H and O–H groups in total. The van der Waals surface area contributed by atoms with Gasteiger partial charge >= 0.3 is 5.97 Å². The second-order valence-corrected chi connectivity index (χ2v) is 6.33. The molecule has 0 spiro atoms. The molecule has 0 aromatic heterocycles. The summed E-state index contributed by atoms with van der Waals surface area (Å²) < 4.78 is 5.62. The molecule has 0 bridgehead atoms. The molecule has 0 fully saturated rings. The highest BCUT2D eigenvalue weighted by atomic mass is 16.5. The molecule has 1 aromatic rings. The number of carbonyl (C=O) groups is 1. The maximum Gasteiger partial charge on any atom is 0.342 e. The molecule has 1 unspecified atom stereocenters. The summed E-state index contributed by atoms with van der Waals surface area (Å²) in [5.74, 6) is -0.510. The maximum absolute atomic E-state index is 12.6. The molecule has 24 heavy (non-hydrogen) atoms. The first-order valence-corrected chi connectivity index (χ1v) is 8.49. The van der Waals surface area contributed by atoms with Crippen molar-refractivity contribution in [2.75, 3.05) is 0 Å². The highest BCUT2D eigenvalue weighted by Crippen LogP contribution is 2.26. The van der Waals surface area contributed by atoms with Gasteiger partial charge in [-0.05, 0) is 37.3 Å². The van der Waals surface area contributed by atoms with Gasteiger partial charge in [-0.2, -0.15) is 0 Å². The van der Waals surface area contributed by atoms with Crippen LogP contribution in [0.5, 0.6) is 5.75 Å². The van der Waals surface area contributed by atoms with Crippen molar-refractivity contribution in [3.05, 3.63) is 53.6 Å². The summed E-state index contributed by atoms with van der Waals surface area (Å²) in [5, 5.41) is 20.5. The number of aromatic hydroxyl groups is 1. The van der Waals surface area contributed by atoms with Crippen LogP contribution in [-0.4, -0.2) is 28.4 Å². The number of phenols is 1. The third-order valence-corrected chi connectivity index (χ3v) is 4.41. The van der Waals surface area contributed by atoms with E-state index in [4.69, 9.17) is 4.74 Å². The second kappa shape index (κ2) is 8.69. The van der Waals surface area contributed by atoms with Crippen LogP contribution in [0.3, 0.4) is 0 Å². The second-order valence-electron chi connectivity index (χ2n) is 6.33. The molecule has 4 heteroatoms. The van der Waals surface area contributed by atoms with Gasteiger partial charge in [-0.25, -0.2) is 4.79 Å². The number of rotatable bonds is 2. The first-order chi connectivity index (χ1) is 11.5. The summed E-state index contributed by atoms with van der Waals surface area (Å²) >= 11 is 0. The predicted octanol–water partition coefficient (Wildman–Crippen LogP) is 3.77. The van der Waals surface area contributed by atoms with Crippen molar-refractivity contribution >= 4 is 5.97 Å². The zero-order valence-corrected chi connectivity index (χ0v) is 14.3. The molecular formula is C20H26O4. The number of aliphatic hydroxyl groups excluding tert-OH is 1. The molecule has 0 amide bonds. The maximum atomic E-state index is 12.6. The highest BCUT2D eigenvalue weighted by Gasteiger charge is 2.25. The Hall–Kier alpha value is -2.07. The number of fused-ring (bicyclic) bond motifs is 1. The molecule has 1 aliphatic rings. The zero-order valence-electron chi connectivity index (χ0n) is 14.3. The molecule has 4 nitrogen and oxygen atoms in total. The Morgan fingerprint density at radius 2 is 2.12 bits per heavy atom. The van der Waals surface area contributed by atoms with Crippen molar-refractivity contribution in [3.63, 3.8) is 0 Å². The molecule has 1 heterocycles. The Morgan fingerprint density at radius 1 is 1.33 bits per heavy atom. The SMILES string of the molecule is C/C=C\CC1C[C@@H](O)[C@@H](C)C/C=C/Cc2cccc(O)c2C(=O)O1. The Balaban J connectivity index is 2.35. The van der Waals surface area contributed by atoms with Gasteiger partial charge in [-0.15, -0.1) is 0 Å². The molecule has 0 aliphatic carbocycles. The smallest absolute Gasteiger partial charge is 0.342 e. The van der Waals surface area contributed by atoms with E-state index in [0.29, 0.717) is 19.3 Å². The molecule has 0 radical (unpaired) electrons. The van der Waals surface area contributed by atoms with Crippen molar-refractivity contribution in [2.24, 2.45) is 5.92 Å². The number of esters is 1. The monoisotopic (exact) mass is 330 g/mol. The minimum atomic E-state index is -0.541. The van der Waals surface area contributed by atoms with Crippen LogP contribution in [0.15, 0.2) is 42.5 Å². The number of cyclic esters (lactones) is 1. The van der Waals surface area contributed by atoms with E-state index in [-0.39, 0.29) is 17.2 Å². The first-order valence-electron chi connectivity index (χ1n) is 8.49. The fourth-order valence-electron chi connectivity index (χ4n) is 2.86. The molecule has 0 saturated carbocycles. The van der Waals surface area contributed by atoms with Crippen LogP contribution in [0.1, 0.15) is 49.0 Å². The summed E-state index contributed by atoms with van der Waals surface area (Å²) in [4.78, 5) is 12.6. The summed E-state index contributed by atoms with van der Waals surface area (Å²) in [7, 11) is 0. The molecule has 3 atom stereocenters. The third kappa shape index (κ3) is 4.71. The third-order valence-electron chi connectivity index (χ3n) is 4.41. The number of ether oxygens (including phenoxy) is 1. The number of allylic oxidation sites excluding steroid dienone is 3. The molecule has 0 saturated heterocycles. The predicted molar refractivity (Wildman–Crippen MR) is 94.0 cm³/mol. The number of phenolic OH excluding ortho intramolecular Hbond substituents is 1. The van der Waals surface area contributed by atoms with Gasteiger partial charge in [0, 0.05) is 12.8 Å². The van der Waals surface area contributed by atoms with Crippen molar-refractivity contribution in [1.82, 2.24) is 0 Å². The number of carbonyl (C=O) groups excluding carboxylic acids is 1. The van der Waals surface area contributed by atoms with Crippen LogP contribution in [0.4, 0.5) is 0 Å². The van der Waals surface area contributed by atoms with Crippen molar-refractivity contribution in [2.45, 2.75) is 51.7 Å². The van der Waals surface area contributed by atoms with Gasteiger partial charge in [0.2, 0.25) is 0 Å². The highest BCUT2D eigenvalue weighted by molar-refractivity contribution is 5.94. The lowest BCUT2D eigenvalue weighted by atomic mass is 9.93. The summed E-state index contributed by atoms with van der Waals surface area (Å²) in [6, 6.07) is 5.05. The summed E-state index contributed by atoms with van der Waals surface area (Å²) in [6.07, 6.45) is 9.09. The molecular weight excluding hydrogens is 304 g/mol.